The molecule has 122 valence electrons. The number of ether oxygens (including phenoxy) is 1. The molecule has 0 aliphatic carbocycles. The summed E-state index contributed by atoms with van der Waals surface area (Å²) in [5.41, 5.74) is 3.36. The third kappa shape index (κ3) is 3.63. The zero-order chi connectivity index (χ0) is 16.9. The molecule has 0 radical (unpaired) electrons. The fraction of sp³-hybridized carbons (Fsp3) is 0.158. The number of anilines is 1. The summed E-state index contributed by atoms with van der Waals surface area (Å²) >= 11 is 1.59. The number of carbonyl (C=O) groups excluding carboxylic acids is 1. The molecule has 0 aliphatic heterocycles. The van der Waals surface area contributed by atoms with E-state index in [1.165, 1.54) is 0 Å². The van der Waals surface area contributed by atoms with E-state index in [9.17, 15) is 4.79 Å². The lowest BCUT2D eigenvalue weighted by Crippen LogP contribution is -2.12. The first-order chi connectivity index (χ1) is 11.7. The largest absolute Gasteiger partial charge is 0.494 e. The van der Waals surface area contributed by atoms with Crippen molar-refractivity contribution in [3.8, 4) is 16.3 Å². The van der Waals surface area contributed by atoms with Gasteiger partial charge in [0.2, 0.25) is 0 Å². The van der Waals surface area contributed by atoms with E-state index in [0.29, 0.717) is 12.2 Å². The highest BCUT2D eigenvalue weighted by molar-refractivity contribution is 7.13. The van der Waals surface area contributed by atoms with Gasteiger partial charge in [-0.2, -0.15) is 0 Å². The summed E-state index contributed by atoms with van der Waals surface area (Å²) in [5.74, 6) is 0.671. The van der Waals surface area contributed by atoms with Gasteiger partial charge in [0.1, 0.15) is 10.8 Å². The smallest absolute Gasteiger partial charge is 0.255 e. The first-order valence-electron chi connectivity index (χ1n) is 7.72. The Balaban J connectivity index is 1.71. The molecule has 0 saturated heterocycles. The van der Waals surface area contributed by atoms with Crippen LogP contribution in [0.15, 0.2) is 54.0 Å². The minimum Gasteiger partial charge on any atom is -0.494 e. The number of hydrogen-bond donors (Lipinski definition) is 1. The van der Waals surface area contributed by atoms with Crippen molar-refractivity contribution in [3.63, 3.8) is 0 Å². The molecule has 1 heterocycles. The van der Waals surface area contributed by atoms with Gasteiger partial charge in [-0.1, -0.05) is 0 Å². The van der Waals surface area contributed by atoms with Crippen molar-refractivity contribution in [2.75, 3.05) is 11.9 Å². The van der Waals surface area contributed by atoms with Gasteiger partial charge in [0, 0.05) is 28.4 Å². The average Bonchev–Trinajstić information content (AvgIpc) is 3.12. The number of aromatic nitrogens is 1. The Hall–Kier alpha value is -2.66. The summed E-state index contributed by atoms with van der Waals surface area (Å²) < 4.78 is 5.50. The summed E-state index contributed by atoms with van der Waals surface area (Å²) in [6, 6.07) is 13.1. The lowest BCUT2D eigenvalue weighted by Gasteiger charge is -2.10. The summed E-state index contributed by atoms with van der Waals surface area (Å²) in [4.78, 5) is 16.7. The van der Waals surface area contributed by atoms with Gasteiger partial charge >= 0.3 is 0 Å². The Morgan fingerprint density at radius 3 is 2.62 bits per heavy atom. The summed E-state index contributed by atoms with van der Waals surface area (Å²) in [7, 11) is 0. The SMILES string of the molecule is CCOc1ccc(C(=O)Nc2ccc(-c3nccs3)cc2)cc1C. The van der Waals surface area contributed by atoms with Crippen LogP contribution in [0, 0.1) is 6.92 Å². The zero-order valence-electron chi connectivity index (χ0n) is 13.6. The maximum atomic E-state index is 12.4. The molecule has 0 spiro atoms. The number of amides is 1. The van der Waals surface area contributed by atoms with Gasteiger partial charge in [0.05, 0.1) is 6.61 Å². The highest BCUT2D eigenvalue weighted by atomic mass is 32.1. The van der Waals surface area contributed by atoms with E-state index in [1.807, 2.05) is 55.6 Å². The van der Waals surface area contributed by atoms with Crippen molar-refractivity contribution in [1.29, 1.82) is 0 Å². The molecule has 2 aromatic carbocycles. The van der Waals surface area contributed by atoms with Crippen molar-refractivity contribution >= 4 is 22.9 Å². The van der Waals surface area contributed by atoms with Crippen LogP contribution < -0.4 is 10.1 Å². The molecule has 0 unspecified atom stereocenters. The van der Waals surface area contributed by atoms with Crippen molar-refractivity contribution in [2.45, 2.75) is 13.8 Å². The van der Waals surface area contributed by atoms with Crippen LogP contribution in [0.3, 0.4) is 0 Å². The minimum atomic E-state index is -0.136. The molecule has 3 rings (SSSR count). The second-order valence-electron chi connectivity index (χ2n) is 5.28. The topological polar surface area (TPSA) is 51.2 Å². The summed E-state index contributed by atoms with van der Waals surface area (Å²) in [6.45, 7) is 4.48. The van der Waals surface area contributed by atoms with Gasteiger partial charge in [0.15, 0.2) is 0 Å². The predicted octanol–water partition coefficient (Wildman–Crippen LogP) is 4.77. The molecule has 24 heavy (non-hydrogen) atoms. The van der Waals surface area contributed by atoms with E-state index in [4.69, 9.17) is 4.74 Å². The second kappa shape index (κ2) is 7.27. The van der Waals surface area contributed by atoms with Crippen LogP contribution in [-0.4, -0.2) is 17.5 Å². The lowest BCUT2D eigenvalue weighted by molar-refractivity contribution is 0.102. The molecule has 0 bridgehead atoms. The van der Waals surface area contributed by atoms with Crippen LogP contribution in [-0.2, 0) is 0 Å². The van der Waals surface area contributed by atoms with Gasteiger partial charge in [-0.3, -0.25) is 4.79 Å². The standard InChI is InChI=1S/C19H18N2O2S/c1-3-23-17-9-6-15(12-13(17)2)18(22)21-16-7-4-14(5-8-16)19-20-10-11-24-19/h4-12H,3H2,1-2H3,(H,21,22). The molecule has 1 aromatic heterocycles. The molecular weight excluding hydrogens is 320 g/mol. The number of hydrogen-bond acceptors (Lipinski definition) is 4. The molecule has 5 heteroatoms. The maximum absolute atomic E-state index is 12.4. The average molecular weight is 338 g/mol. The van der Waals surface area contributed by atoms with Gasteiger partial charge in [-0.05, 0) is 61.9 Å². The Labute approximate surface area is 145 Å². The lowest BCUT2D eigenvalue weighted by atomic mass is 10.1. The van der Waals surface area contributed by atoms with E-state index in [-0.39, 0.29) is 5.91 Å². The number of benzene rings is 2. The van der Waals surface area contributed by atoms with Crippen molar-refractivity contribution < 1.29 is 9.53 Å². The highest BCUT2D eigenvalue weighted by Gasteiger charge is 2.09. The maximum Gasteiger partial charge on any atom is 0.255 e. The Morgan fingerprint density at radius 2 is 2.00 bits per heavy atom. The van der Waals surface area contributed by atoms with Crippen LogP contribution in [0.2, 0.25) is 0 Å². The number of nitrogens with one attached hydrogen (secondary N) is 1. The first-order valence-corrected chi connectivity index (χ1v) is 8.60. The van der Waals surface area contributed by atoms with E-state index in [0.717, 1.165) is 27.6 Å². The summed E-state index contributed by atoms with van der Waals surface area (Å²) in [5, 5.41) is 5.82. The normalized spacial score (nSPS) is 10.4. The predicted molar refractivity (Wildman–Crippen MR) is 97.9 cm³/mol. The van der Waals surface area contributed by atoms with Crippen LogP contribution >= 0.6 is 11.3 Å². The fourth-order valence-corrected chi connectivity index (χ4v) is 3.02. The molecule has 1 N–H and O–H groups in total. The number of nitrogens with zero attached hydrogens (tertiary/aromatic N) is 1. The first kappa shape index (κ1) is 16.2. The van der Waals surface area contributed by atoms with Crippen LogP contribution in [0.25, 0.3) is 10.6 Å². The molecule has 0 atom stereocenters. The van der Waals surface area contributed by atoms with E-state index in [2.05, 4.69) is 10.3 Å². The number of thiazole rings is 1. The Morgan fingerprint density at radius 1 is 1.21 bits per heavy atom. The van der Waals surface area contributed by atoms with E-state index in [1.54, 1.807) is 23.6 Å². The van der Waals surface area contributed by atoms with Crippen molar-refractivity contribution in [2.24, 2.45) is 0 Å². The third-order valence-electron chi connectivity index (χ3n) is 3.56. The number of carbonyl (C=O) groups is 1. The van der Waals surface area contributed by atoms with Crippen LogP contribution in [0.1, 0.15) is 22.8 Å². The molecule has 3 aromatic rings. The van der Waals surface area contributed by atoms with Gasteiger partial charge < -0.3 is 10.1 Å². The van der Waals surface area contributed by atoms with Gasteiger partial charge in [0.25, 0.3) is 5.91 Å². The Kier molecular flexibility index (Phi) is 4.91. The van der Waals surface area contributed by atoms with Gasteiger partial charge in [-0.15, -0.1) is 11.3 Å². The summed E-state index contributed by atoms with van der Waals surface area (Å²) in [6.07, 6.45) is 1.78. The molecule has 0 saturated carbocycles. The molecule has 4 nitrogen and oxygen atoms in total. The Bertz CT molecular complexity index is 827. The van der Waals surface area contributed by atoms with Gasteiger partial charge in [-0.25, -0.2) is 4.98 Å². The van der Waals surface area contributed by atoms with E-state index < -0.39 is 0 Å². The quantitative estimate of drug-likeness (QED) is 0.729. The molecule has 1 amide bonds. The number of aryl methyl sites for hydroxylation is 1. The van der Waals surface area contributed by atoms with Crippen LogP contribution in [0.5, 0.6) is 5.75 Å². The number of rotatable bonds is 5. The highest BCUT2D eigenvalue weighted by Crippen LogP contribution is 2.24. The third-order valence-corrected chi connectivity index (χ3v) is 4.38. The molecule has 0 fully saturated rings. The minimum absolute atomic E-state index is 0.136. The van der Waals surface area contributed by atoms with Crippen molar-refractivity contribution in [1.82, 2.24) is 4.98 Å². The van der Waals surface area contributed by atoms with E-state index >= 15 is 0 Å². The molecular formula is C19H18N2O2S. The molecule has 0 aliphatic rings. The fourth-order valence-electron chi connectivity index (χ4n) is 2.37. The zero-order valence-corrected chi connectivity index (χ0v) is 14.4. The second-order valence-corrected chi connectivity index (χ2v) is 6.18. The van der Waals surface area contributed by atoms with Crippen LogP contribution in [0.4, 0.5) is 5.69 Å². The van der Waals surface area contributed by atoms with Crippen molar-refractivity contribution in [3.05, 3.63) is 65.2 Å². The monoisotopic (exact) mass is 338 g/mol.